The number of rotatable bonds is 5. The van der Waals surface area contributed by atoms with Crippen LogP contribution in [0.25, 0.3) is 43.8 Å². The van der Waals surface area contributed by atoms with Crippen LogP contribution in [0.4, 0.5) is 5.69 Å². The molecule has 0 fully saturated rings. The van der Waals surface area contributed by atoms with Crippen LogP contribution >= 0.6 is 0 Å². The second-order valence-electron chi connectivity index (χ2n) is 14.9. The van der Waals surface area contributed by atoms with Gasteiger partial charge in [-0.2, -0.15) is 0 Å². The Labute approximate surface area is 339 Å². The summed E-state index contributed by atoms with van der Waals surface area (Å²) < 4.78 is 0. The first-order valence-corrected chi connectivity index (χ1v) is 19.6. The van der Waals surface area contributed by atoms with E-state index in [1.807, 2.05) is 24.3 Å². The molecular formula is C52H35N5O2+2. The zero-order valence-corrected chi connectivity index (χ0v) is 31.7. The number of nitro benzene ring substituents is 1. The van der Waals surface area contributed by atoms with Gasteiger partial charge in [0.2, 0.25) is 11.4 Å². The molecule has 0 saturated carbocycles. The average molecular weight is 762 g/mol. The molecule has 8 bridgehead atoms. The Bertz CT molecular complexity index is 3280. The number of nitrogens with two attached hydrogens (primary N) is 1. The fourth-order valence-corrected chi connectivity index (χ4v) is 8.81. The van der Waals surface area contributed by atoms with Gasteiger partial charge in [-0.25, -0.2) is 9.98 Å². The Morgan fingerprint density at radius 1 is 0.559 bits per heavy atom. The molecule has 5 heterocycles. The summed E-state index contributed by atoms with van der Waals surface area (Å²) in [5, 5.41) is 20.4. The average Bonchev–Trinajstić information content (AvgIpc) is 4.13. The van der Waals surface area contributed by atoms with Crippen molar-refractivity contribution in [2.75, 3.05) is 0 Å². The molecule has 0 atom stereocenters. The van der Waals surface area contributed by atoms with E-state index < -0.39 is 0 Å². The lowest BCUT2D eigenvalue weighted by Gasteiger charge is -2.15. The topological polar surface area (TPSA) is 102 Å². The van der Waals surface area contributed by atoms with Crippen LogP contribution in [0.3, 0.4) is 0 Å². The van der Waals surface area contributed by atoms with E-state index in [9.17, 15) is 10.1 Å². The minimum atomic E-state index is -0.361. The minimum absolute atomic E-state index is 0.0469. The number of nitro groups is 1. The summed E-state index contributed by atoms with van der Waals surface area (Å²) in [7, 11) is 0. The van der Waals surface area contributed by atoms with Crippen molar-refractivity contribution in [2.24, 2.45) is 4.99 Å². The molecule has 278 valence electrons. The molecular weight excluding hydrogens is 727 g/mol. The number of nitrogens with zero attached hydrogens (tertiary/aromatic N) is 2. The molecule has 7 heteroatoms. The van der Waals surface area contributed by atoms with Gasteiger partial charge in [0.1, 0.15) is 17.0 Å². The van der Waals surface area contributed by atoms with Crippen molar-refractivity contribution < 1.29 is 15.2 Å². The second-order valence-corrected chi connectivity index (χ2v) is 14.9. The van der Waals surface area contributed by atoms with Crippen LogP contribution < -0.4 is 21.0 Å². The Balaban J connectivity index is 1.27. The van der Waals surface area contributed by atoms with E-state index in [1.165, 1.54) is 0 Å². The third-order valence-electron chi connectivity index (χ3n) is 11.4. The molecule has 4 aliphatic heterocycles. The number of non-ortho nitro benzene ring substituents is 1. The molecule has 1 aromatic heterocycles. The van der Waals surface area contributed by atoms with Gasteiger partial charge in [0.15, 0.2) is 0 Å². The minimum Gasteiger partial charge on any atom is -0.354 e. The number of nitrogens with one attached hydrogen (secondary N) is 2. The van der Waals surface area contributed by atoms with E-state index in [1.54, 1.807) is 12.1 Å². The highest BCUT2D eigenvalue weighted by Gasteiger charge is 2.32. The second kappa shape index (κ2) is 13.9. The monoisotopic (exact) mass is 761 g/mol. The Hall–Kier alpha value is -8.00. The molecule has 11 rings (SSSR count). The van der Waals surface area contributed by atoms with Gasteiger partial charge in [-0.3, -0.25) is 15.4 Å². The quantitative estimate of drug-likeness (QED) is 0.101. The van der Waals surface area contributed by atoms with Crippen molar-refractivity contribution in [3.8, 4) is 0 Å². The summed E-state index contributed by atoms with van der Waals surface area (Å²) in [6.07, 6.45) is 12.8. The van der Waals surface area contributed by atoms with Gasteiger partial charge < -0.3 is 4.98 Å². The number of benzene rings is 6. The number of H-pyrrole nitrogens is 1. The predicted molar refractivity (Wildman–Crippen MR) is 236 cm³/mol. The molecule has 0 unspecified atom stereocenters. The van der Waals surface area contributed by atoms with E-state index in [0.717, 1.165) is 111 Å². The number of quaternary nitrogens is 1. The molecule has 0 saturated heterocycles. The summed E-state index contributed by atoms with van der Waals surface area (Å²) in [4.78, 5) is 24.6. The standard InChI is InChI=1S/C52H33N5O2/c58-57(59)37-21-19-34(20-22-37)50-44-25-23-40(53-44)48(32-11-3-1-4-12-32)42-27-29-46(55-42)52(51-38-17-9-7-15-35(38)31-36-16-8-10-18-39(36)51)47-30-28-43(56-47)49(33-13-5-2-6-14-33)41-24-26-45(50)54-41/h1-31,53,56H/p+2. The first kappa shape index (κ1) is 34.3. The summed E-state index contributed by atoms with van der Waals surface area (Å²) in [5.41, 5.74) is 13.7. The highest BCUT2D eigenvalue weighted by Crippen LogP contribution is 2.37. The molecule has 7 nitrogen and oxygen atoms in total. The fourth-order valence-electron chi connectivity index (χ4n) is 8.81. The summed E-state index contributed by atoms with van der Waals surface area (Å²) in [6.45, 7) is 0. The van der Waals surface area contributed by atoms with Crippen LogP contribution in [0.5, 0.6) is 0 Å². The van der Waals surface area contributed by atoms with Crippen molar-refractivity contribution >= 4 is 60.9 Å². The van der Waals surface area contributed by atoms with E-state index in [0.29, 0.717) is 0 Å². The van der Waals surface area contributed by atoms with Crippen molar-refractivity contribution in [2.45, 2.75) is 0 Å². The molecule has 6 aromatic carbocycles. The van der Waals surface area contributed by atoms with Gasteiger partial charge in [-0.05, 0) is 80.7 Å². The molecule has 4 N–H and O–H groups in total. The van der Waals surface area contributed by atoms with Crippen LogP contribution in [0, 0.1) is 10.1 Å². The lowest BCUT2D eigenvalue weighted by molar-refractivity contribution is -0.537. The molecule has 7 aromatic rings. The van der Waals surface area contributed by atoms with Crippen molar-refractivity contribution in [3.63, 3.8) is 0 Å². The van der Waals surface area contributed by atoms with E-state index >= 15 is 0 Å². The zero-order chi connectivity index (χ0) is 39.5. The maximum Gasteiger partial charge on any atom is 0.269 e. The predicted octanol–water partition coefficient (Wildman–Crippen LogP) is 6.91. The van der Waals surface area contributed by atoms with Gasteiger partial charge >= 0.3 is 0 Å². The Morgan fingerprint density at radius 2 is 1.14 bits per heavy atom. The number of aromatic nitrogens is 1. The SMILES string of the molecule is O=[N+]([O-])c1ccc(C2=C3C=CC(=[NH+]3)C(c3ccccc3)=c3ccc([nH]3)=C(c3c4ccccc4cc4ccccc34)C3=NC(=C(c4ccccc4)C4=CC=C2[NH2+]4)C=C3)cc1. The third-order valence-corrected chi connectivity index (χ3v) is 11.4. The Kier molecular flexibility index (Phi) is 8.06. The van der Waals surface area contributed by atoms with Crippen molar-refractivity contribution in [1.29, 1.82) is 0 Å². The third kappa shape index (κ3) is 5.88. The molecule has 0 amide bonds. The number of aliphatic imine (C=N–C) groups is 1. The maximum absolute atomic E-state index is 11.7. The van der Waals surface area contributed by atoms with Crippen LogP contribution in [-0.2, 0) is 0 Å². The van der Waals surface area contributed by atoms with Crippen LogP contribution in [0.2, 0.25) is 0 Å². The number of hydrogen-bond donors (Lipinski definition) is 3. The summed E-state index contributed by atoms with van der Waals surface area (Å²) >= 11 is 0. The number of allylic oxidation sites excluding steroid dienone is 8. The Morgan fingerprint density at radius 3 is 1.80 bits per heavy atom. The first-order chi connectivity index (χ1) is 29.1. The number of hydrogen-bond acceptors (Lipinski definition) is 3. The van der Waals surface area contributed by atoms with Crippen molar-refractivity contribution in [3.05, 3.63) is 254 Å². The maximum atomic E-state index is 11.7. The van der Waals surface area contributed by atoms with E-state index in [-0.39, 0.29) is 10.6 Å². The first-order valence-electron chi connectivity index (χ1n) is 19.6. The van der Waals surface area contributed by atoms with Gasteiger partial charge in [0.25, 0.3) is 5.69 Å². The highest BCUT2D eigenvalue weighted by atomic mass is 16.6. The lowest BCUT2D eigenvalue weighted by Crippen LogP contribution is -2.79. The molecule has 4 aliphatic rings. The normalized spacial score (nSPS) is 15.9. The van der Waals surface area contributed by atoms with Gasteiger partial charge in [-0.1, -0.05) is 109 Å². The largest absolute Gasteiger partial charge is 0.354 e. The molecule has 59 heavy (non-hydrogen) atoms. The van der Waals surface area contributed by atoms with Gasteiger partial charge in [0.05, 0.1) is 32.8 Å². The number of aromatic amines is 1. The summed E-state index contributed by atoms with van der Waals surface area (Å²) in [6, 6.07) is 51.5. The number of fused-ring (bicyclic) bond motifs is 8. The molecule has 0 radical (unpaired) electrons. The lowest BCUT2D eigenvalue weighted by atomic mass is 9.89. The summed E-state index contributed by atoms with van der Waals surface area (Å²) in [5.74, 6) is 0. The highest BCUT2D eigenvalue weighted by molar-refractivity contribution is 6.35. The molecule has 0 spiro atoms. The van der Waals surface area contributed by atoms with Crippen molar-refractivity contribution in [1.82, 2.24) is 4.98 Å². The van der Waals surface area contributed by atoms with Crippen LogP contribution in [-0.4, -0.2) is 21.3 Å². The van der Waals surface area contributed by atoms with Gasteiger partial charge in [-0.15, -0.1) is 0 Å². The van der Waals surface area contributed by atoms with E-state index in [2.05, 4.69) is 167 Å². The molecule has 0 aliphatic carbocycles. The van der Waals surface area contributed by atoms with Crippen LogP contribution in [0.1, 0.15) is 22.3 Å². The van der Waals surface area contributed by atoms with Crippen LogP contribution in [0.15, 0.2) is 216 Å². The van der Waals surface area contributed by atoms with Gasteiger partial charge in [0, 0.05) is 52.9 Å². The van der Waals surface area contributed by atoms with E-state index in [4.69, 9.17) is 4.99 Å². The smallest absolute Gasteiger partial charge is 0.269 e. The fraction of sp³-hybridized carbons (Fsp3) is 0. The zero-order valence-electron chi connectivity index (χ0n) is 31.7.